The summed E-state index contributed by atoms with van der Waals surface area (Å²) in [6.07, 6.45) is 4.03. The molecule has 2 saturated heterocycles. The first kappa shape index (κ1) is 20.1. The molecule has 0 saturated carbocycles. The normalized spacial score (nSPS) is 22.1. The van der Waals surface area contributed by atoms with Crippen LogP contribution in [0.2, 0.25) is 5.02 Å². The summed E-state index contributed by atoms with van der Waals surface area (Å²) >= 11 is 6.36. The number of hydrogen-bond donors (Lipinski definition) is 1. The Morgan fingerprint density at radius 1 is 1.32 bits per heavy atom. The van der Waals surface area contributed by atoms with E-state index in [1.807, 2.05) is 11.8 Å². The summed E-state index contributed by atoms with van der Waals surface area (Å²) in [6.45, 7) is 4.43. The minimum atomic E-state index is 0. The Morgan fingerprint density at radius 2 is 2.08 bits per heavy atom. The summed E-state index contributed by atoms with van der Waals surface area (Å²) in [5.41, 5.74) is 0.569. The first-order chi connectivity index (χ1) is 11.7. The fourth-order valence-electron chi connectivity index (χ4n) is 3.65. The van der Waals surface area contributed by atoms with Gasteiger partial charge in [-0.2, -0.15) is 0 Å². The molecule has 0 spiro atoms. The minimum absolute atomic E-state index is 0. The highest BCUT2D eigenvalue weighted by atomic mass is 35.5. The van der Waals surface area contributed by atoms with Crippen molar-refractivity contribution in [2.24, 2.45) is 0 Å². The predicted molar refractivity (Wildman–Crippen MR) is 102 cm³/mol. The van der Waals surface area contributed by atoms with Crippen LogP contribution in [0.5, 0.6) is 11.5 Å². The summed E-state index contributed by atoms with van der Waals surface area (Å²) in [7, 11) is 1.57. The predicted octanol–water partition coefficient (Wildman–Crippen LogP) is 3.53. The van der Waals surface area contributed by atoms with Crippen molar-refractivity contribution in [2.45, 2.75) is 44.7 Å². The van der Waals surface area contributed by atoms with E-state index in [1.54, 1.807) is 19.2 Å². The van der Waals surface area contributed by atoms with Gasteiger partial charge in [0.25, 0.3) is 5.91 Å². The van der Waals surface area contributed by atoms with Gasteiger partial charge < -0.3 is 19.7 Å². The largest absolute Gasteiger partial charge is 0.493 e. The Morgan fingerprint density at radius 3 is 2.80 bits per heavy atom. The monoisotopic (exact) mass is 388 g/mol. The van der Waals surface area contributed by atoms with Crippen LogP contribution in [0.25, 0.3) is 0 Å². The van der Waals surface area contributed by atoms with Crippen LogP contribution >= 0.6 is 24.0 Å². The number of carbonyl (C=O) groups is 1. The molecule has 140 valence electrons. The molecular formula is C18H26Cl2N2O3. The number of methoxy groups -OCH3 is 1. The summed E-state index contributed by atoms with van der Waals surface area (Å²) < 4.78 is 11.1. The number of nitrogens with one attached hydrogen (secondary N) is 1. The topological polar surface area (TPSA) is 50.8 Å². The molecule has 0 radical (unpaired) electrons. The van der Waals surface area contributed by atoms with Crippen LogP contribution in [0.1, 0.15) is 43.0 Å². The van der Waals surface area contributed by atoms with E-state index < -0.39 is 0 Å². The Balaban J connectivity index is 0.00000225. The van der Waals surface area contributed by atoms with Gasteiger partial charge in [-0.1, -0.05) is 18.5 Å². The van der Waals surface area contributed by atoms with Gasteiger partial charge in [-0.3, -0.25) is 4.79 Å². The standard InChI is InChI=1S/C18H25ClN2O3.ClH/c1-3-8-24-17-15(19)9-12(10-16(17)23-2)18(22)21-13-4-5-14(21)11-20-7-6-13;/h9-10,13-14,20H,3-8,11H2,1-2H3;1H. The SMILES string of the molecule is CCCOc1c(Cl)cc(C(=O)N2C3CCNCC2CC3)cc1OC.Cl. The average Bonchev–Trinajstić information content (AvgIpc) is 2.85. The first-order valence-electron chi connectivity index (χ1n) is 8.69. The van der Waals surface area contributed by atoms with Crippen molar-refractivity contribution in [3.05, 3.63) is 22.7 Å². The number of hydrogen-bond acceptors (Lipinski definition) is 4. The van der Waals surface area contributed by atoms with E-state index in [0.29, 0.717) is 34.7 Å². The molecule has 25 heavy (non-hydrogen) atoms. The Kier molecular flexibility index (Phi) is 7.23. The van der Waals surface area contributed by atoms with Crippen molar-refractivity contribution in [1.29, 1.82) is 0 Å². The molecule has 1 aromatic rings. The van der Waals surface area contributed by atoms with Gasteiger partial charge in [0.15, 0.2) is 11.5 Å². The summed E-state index contributed by atoms with van der Waals surface area (Å²) in [4.78, 5) is 15.1. The van der Waals surface area contributed by atoms with Gasteiger partial charge in [0.2, 0.25) is 0 Å². The van der Waals surface area contributed by atoms with Gasteiger partial charge in [-0.25, -0.2) is 0 Å². The molecule has 1 N–H and O–H groups in total. The maximum atomic E-state index is 13.1. The van der Waals surface area contributed by atoms with Crippen LogP contribution in [0.3, 0.4) is 0 Å². The maximum absolute atomic E-state index is 13.1. The fourth-order valence-corrected chi connectivity index (χ4v) is 3.92. The van der Waals surface area contributed by atoms with Crippen molar-refractivity contribution >= 4 is 29.9 Å². The van der Waals surface area contributed by atoms with E-state index in [0.717, 1.165) is 38.8 Å². The Bertz CT molecular complexity index is 598. The molecule has 2 aliphatic rings. The minimum Gasteiger partial charge on any atom is -0.493 e. The average molecular weight is 389 g/mol. The molecule has 5 nitrogen and oxygen atoms in total. The molecule has 2 atom stereocenters. The van der Waals surface area contributed by atoms with Gasteiger partial charge in [0.05, 0.1) is 18.7 Å². The number of fused-ring (bicyclic) bond motifs is 2. The lowest BCUT2D eigenvalue weighted by atomic mass is 10.1. The molecule has 2 unspecified atom stereocenters. The molecule has 2 fully saturated rings. The van der Waals surface area contributed by atoms with Crippen molar-refractivity contribution in [3.63, 3.8) is 0 Å². The molecule has 2 aliphatic heterocycles. The van der Waals surface area contributed by atoms with E-state index in [1.165, 1.54) is 0 Å². The van der Waals surface area contributed by atoms with Gasteiger partial charge in [-0.15, -0.1) is 12.4 Å². The molecule has 0 aromatic heterocycles. The highest BCUT2D eigenvalue weighted by Crippen LogP contribution is 2.38. The van der Waals surface area contributed by atoms with Crippen molar-refractivity contribution < 1.29 is 14.3 Å². The van der Waals surface area contributed by atoms with Crippen molar-refractivity contribution in [1.82, 2.24) is 10.2 Å². The van der Waals surface area contributed by atoms with Crippen LogP contribution < -0.4 is 14.8 Å². The van der Waals surface area contributed by atoms with Crippen LogP contribution in [0.4, 0.5) is 0 Å². The first-order valence-corrected chi connectivity index (χ1v) is 9.07. The van der Waals surface area contributed by atoms with E-state index in [9.17, 15) is 4.79 Å². The third kappa shape index (κ3) is 4.15. The second-order valence-electron chi connectivity index (χ2n) is 6.43. The van der Waals surface area contributed by atoms with Crippen LogP contribution in [0.15, 0.2) is 12.1 Å². The zero-order valence-corrected chi connectivity index (χ0v) is 16.3. The number of amides is 1. The number of rotatable bonds is 5. The van der Waals surface area contributed by atoms with Gasteiger partial charge in [-0.05, 0) is 44.4 Å². The lowest BCUT2D eigenvalue weighted by Gasteiger charge is -2.28. The second-order valence-corrected chi connectivity index (χ2v) is 6.84. The highest BCUT2D eigenvalue weighted by molar-refractivity contribution is 6.32. The van der Waals surface area contributed by atoms with Crippen molar-refractivity contribution in [3.8, 4) is 11.5 Å². The van der Waals surface area contributed by atoms with Crippen LogP contribution in [-0.2, 0) is 0 Å². The summed E-state index contributed by atoms with van der Waals surface area (Å²) in [6, 6.07) is 4.04. The molecule has 2 heterocycles. The maximum Gasteiger partial charge on any atom is 0.254 e. The fraction of sp³-hybridized carbons (Fsp3) is 0.611. The lowest BCUT2D eigenvalue weighted by molar-refractivity contribution is 0.0680. The molecule has 0 aliphatic carbocycles. The quantitative estimate of drug-likeness (QED) is 0.837. The lowest BCUT2D eigenvalue weighted by Crippen LogP contribution is -2.42. The smallest absolute Gasteiger partial charge is 0.254 e. The van der Waals surface area contributed by atoms with Crippen LogP contribution in [-0.4, -0.2) is 49.7 Å². The number of carbonyl (C=O) groups excluding carboxylic acids is 1. The molecule has 1 aromatic carbocycles. The van der Waals surface area contributed by atoms with Crippen molar-refractivity contribution in [2.75, 3.05) is 26.8 Å². The summed E-state index contributed by atoms with van der Waals surface area (Å²) in [5, 5.41) is 3.84. The molecule has 3 rings (SSSR count). The number of halogens is 2. The highest BCUT2D eigenvalue weighted by Gasteiger charge is 2.38. The zero-order chi connectivity index (χ0) is 17.1. The Hall–Kier alpha value is -1.17. The van der Waals surface area contributed by atoms with Crippen LogP contribution in [0, 0.1) is 0 Å². The van der Waals surface area contributed by atoms with E-state index in [-0.39, 0.29) is 24.4 Å². The number of nitrogens with zero attached hydrogens (tertiary/aromatic N) is 1. The molecule has 1 amide bonds. The third-order valence-corrected chi connectivity index (χ3v) is 5.10. The zero-order valence-electron chi connectivity index (χ0n) is 14.7. The Labute approximate surface area is 160 Å². The van der Waals surface area contributed by atoms with E-state index in [4.69, 9.17) is 21.1 Å². The summed E-state index contributed by atoms with van der Waals surface area (Å²) in [5.74, 6) is 1.06. The molecule has 2 bridgehead atoms. The van der Waals surface area contributed by atoms with Gasteiger partial charge in [0.1, 0.15) is 0 Å². The van der Waals surface area contributed by atoms with Gasteiger partial charge >= 0.3 is 0 Å². The molecular weight excluding hydrogens is 363 g/mol. The second kappa shape index (κ2) is 8.97. The molecule has 7 heteroatoms. The number of ether oxygens (including phenoxy) is 2. The number of benzene rings is 1. The third-order valence-electron chi connectivity index (χ3n) is 4.82. The van der Waals surface area contributed by atoms with E-state index in [2.05, 4.69) is 5.32 Å². The van der Waals surface area contributed by atoms with Gasteiger partial charge in [0, 0.05) is 24.2 Å². The van der Waals surface area contributed by atoms with E-state index >= 15 is 0 Å².